The third-order valence-electron chi connectivity index (χ3n) is 4.61. The number of hydrogen-bond acceptors (Lipinski definition) is 3. The van der Waals surface area contributed by atoms with Crippen molar-refractivity contribution >= 4 is 17.5 Å². The largest absolute Gasteiger partial charge is 0.481 e. The van der Waals surface area contributed by atoms with Crippen LogP contribution in [0.5, 0.6) is 5.75 Å². The van der Waals surface area contributed by atoms with Crippen LogP contribution >= 0.6 is 0 Å². The lowest BCUT2D eigenvalue weighted by Gasteiger charge is -2.27. The highest BCUT2D eigenvalue weighted by Gasteiger charge is 2.33. The maximum Gasteiger partial charge on any atom is 0.262 e. The van der Waals surface area contributed by atoms with Crippen molar-refractivity contribution in [2.24, 2.45) is 0 Å². The van der Waals surface area contributed by atoms with Gasteiger partial charge in [-0.3, -0.25) is 9.59 Å². The Labute approximate surface area is 144 Å². The minimum atomic E-state index is -0.306. The molecule has 1 N–H and O–H groups in total. The summed E-state index contributed by atoms with van der Waals surface area (Å²) in [7, 11) is 0. The number of ether oxygens (including phenoxy) is 1. The van der Waals surface area contributed by atoms with Crippen molar-refractivity contribution in [3.8, 4) is 5.75 Å². The summed E-state index contributed by atoms with van der Waals surface area (Å²) in [5.74, 6) is -0.312. The molecule has 2 aliphatic rings. The molecule has 1 unspecified atom stereocenters. The molecule has 6 heteroatoms. The van der Waals surface area contributed by atoms with Crippen molar-refractivity contribution in [2.75, 3.05) is 18.5 Å². The highest BCUT2D eigenvalue weighted by Crippen LogP contribution is 2.37. The number of anilines is 1. The number of nitrogens with zero attached hydrogens (tertiary/aromatic N) is 1. The molecule has 0 bridgehead atoms. The second-order valence-electron chi connectivity index (χ2n) is 6.23. The zero-order valence-electron chi connectivity index (χ0n) is 13.5. The zero-order valence-corrected chi connectivity index (χ0v) is 13.5. The summed E-state index contributed by atoms with van der Waals surface area (Å²) >= 11 is 0. The number of rotatable bonds is 2. The lowest BCUT2D eigenvalue weighted by atomic mass is 10.0. The van der Waals surface area contributed by atoms with Crippen LogP contribution in [-0.4, -0.2) is 29.9 Å². The van der Waals surface area contributed by atoms with Gasteiger partial charge in [0.2, 0.25) is 0 Å². The minimum Gasteiger partial charge on any atom is -0.481 e. The smallest absolute Gasteiger partial charge is 0.262 e. The van der Waals surface area contributed by atoms with E-state index in [0.717, 1.165) is 18.4 Å². The van der Waals surface area contributed by atoms with Crippen LogP contribution in [0.25, 0.3) is 0 Å². The van der Waals surface area contributed by atoms with Crippen LogP contribution in [0.1, 0.15) is 34.8 Å². The van der Waals surface area contributed by atoms with Crippen LogP contribution in [-0.2, 0) is 4.79 Å². The van der Waals surface area contributed by atoms with Crippen molar-refractivity contribution in [2.45, 2.75) is 18.9 Å². The molecule has 0 aromatic heterocycles. The fourth-order valence-corrected chi connectivity index (χ4v) is 3.51. The monoisotopic (exact) mass is 340 g/mol. The zero-order chi connectivity index (χ0) is 17.4. The fraction of sp³-hybridized carbons (Fsp3) is 0.263. The molecule has 2 heterocycles. The van der Waals surface area contributed by atoms with E-state index < -0.39 is 0 Å². The van der Waals surface area contributed by atoms with Crippen LogP contribution in [0.4, 0.5) is 10.1 Å². The van der Waals surface area contributed by atoms with Gasteiger partial charge in [0.15, 0.2) is 12.4 Å². The van der Waals surface area contributed by atoms with Crippen molar-refractivity contribution in [3.05, 3.63) is 59.4 Å². The van der Waals surface area contributed by atoms with E-state index in [1.54, 1.807) is 29.2 Å². The quantitative estimate of drug-likeness (QED) is 0.914. The van der Waals surface area contributed by atoms with E-state index in [2.05, 4.69) is 5.32 Å². The minimum absolute atomic E-state index is 0.107. The number of carbonyl (C=O) groups excluding carboxylic acids is 2. The van der Waals surface area contributed by atoms with Gasteiger partial charge in [-0.1, -0.05) is 18.2 Å². The number of amides is 2. The first kappa shape index (κ1) is 15.6. The van der Waals surface area contributed by atoms with Gasteiger partial charge in [0.25, 0.3) is 11.8 Å². The van der Waals surface area contributed by atoms with Gasteiger partial charge in [0.1, 0.15) is 5.82 Å². The molecule has 0 aliphatic carbocycles. The highest BCUT2D eigenvalue weighted by molar-refractivity contribution is 6.03. The predicted octanol–water partition coefficient (Wildman–Crippen LogP) is 3.13. The third kappa shape index (κ3) is 2.84. The lowest BCUT2D eigenvalue weighted by molar-refractivity contribution is -0.118. The number of fused-ring (bicyclic) bond motifs is 1. The average Bonchev–Trinajstić information content (AvgIpc) is 3.10. The molecule has 2 amide bonds. The van der Waals surface area contributed by atoms with Gasteiger partial charge >= 0.3 is 0 Å². The Bertz CT molecular complexity index is 852. The van der Waals surface area contributed by atoms with Crippen molar-refractivity contribution < 1.29 is 18.7 Å². The predicted molar refractivity (Wildman–Crippen MR) is 90.0 cm³/mol. The molecule has 25 heavy (non-hydrogen) atoms. The van der Waals surface area contributed by atoms with E-state index in [1.165, 1.54) is 12.1 Å². The Hall–Kier alpha value is -2.89. The summed E-state index contributed by atoms with van der Waals surface area (Å²) in [5, 5.41) is 2.71. The fourth-order valence-electron chi connectivity index (χ4n) is 3.51. The number of para-hydroxylation sites is 1. The van der Waals surface area contributed by atoms with Gasteiger partial charge in [-0.2, -0.15) is 0 Å². The molecule has 2 aliphatic heterocycles. The molecule has 0 radical (unpaired) electrons. The molecule has 1 atom stereocenters. The van der Waals surface area contributed by atoms with E-state index in [0.29, 0.717) is 23.5 Å². The van der Waals surface area contributed by atoms with Crippen LogP contribution in [0.2, 0.25) is 0 Å². The van der Waals surface area contributed by atoms with Crippen molar-refractivity contribution in [1.29, 1.82) is 0 Å². The molecular weight excluding hydrogens is 323 g/mol. The van der Waals surface area contributed by atoms with Gasteiger partial charge in [0, 0.05) is 6.54 Å². The SMILES string of the molecule is O=C1COc2c(cccc2C(=O)N2CCCC2c2cccc(F)c2)N1. The third-order valence-corrected chi connectivity index (χ3v) is 4.61. The summed E-state index contributed by atoms with van der Waals surface area (Å²) in [6.45, 7) is 0.501. The van der Waals surface area contributed by atoms with E-state index in [1.807, 2.05) is 6.07 Å². The summed E-state index contributed by atoms with van der Waals surface area (Å²) < 4.78 is 19.1. The Morgan fingerprint density at radius 2 is 2.08 bits per heavy atom. The summed E-state index contributed by atoms with van der Waals surface area (Å²) in [4.78, 5) is 26.3. The summed E-state index contributed by atoms with van der Waals surface area (Å²) in [6.07, 6.45) is 1.65. The van der Waals surface area contributed by atoms with Gasteiger partial charge < -0.3 is 15.0 Å². The standard InChI is InChI=1S/C19H17FN2O3/c20-13-5-1-4-12(10-13)16-8-3-9-22(16)19(24)14-6-2-7-15-18(14)25-11-17(23)21-15/h1-2,4-7,10,16H,3,8-9,11H2,(H,21,23). The molecular formula is C19H17FN2O3. The Balaban J connectivity index is 1.67. The van der Waals surface area contributed by atoms with Crippen LogP contribution in [0.3, 0.4) is 0 Å². The van der Waals surface area contributed by atoms with Crippen molar-refractivity contribution in [3.63, 3.8) is 0 Å². The van der Waals surface area contributed by atoms with Gasteiger partial charge in [-0.15, -0.1) is 0 Å². The molecule has 0 saturated carbocycles. The Morgan fingerprint density at radius 1 is 1.24 bits per heavy atom. The number of halogens is 1. The number of carbonyl (C=O) groups is 2. The molecule has 0 spiro atoms. The van der Waals surface area contributed by atoms with E-state index in [-0.39, 0.29) is 30.3 Å². The first-order chi connectivity index (χ1) is 12.1. The molecule has 2 aromatic carbocycles. The summed E-state index contributed by atoms with van der Waals surface area (Å²) in [6, 6.07) is 11.3. The molecule has 1 fully saturated rings. The summed E-state index contributed by atoms with van der Waals surface area (Å²) in [5.41, 5.74) is 1.72. The topological polar surface area (TPSA) is 58.6 Å². The molecule has 5 nitrogen and oxygen atoms in total. The maximum atomic E-state index is 13.6. The van der Waals surface area contributed by atoms with Gasteiger partial charge in [0.05, 0.1) is 17.3 Å². The first-order valence-electron chi connectivity index (χ1n) is 8.25. The normalized spacial score (nSPS) is 19.2. The Kier molecular flexibility index (Phi) is 3.87. The van der Waals surface area contributed by atoms with Crippen LogP contribution in [0, 0.1) is 5.82 Å². The lowest BCUT2D eigenvalue weighted by Crippen LogP contribution is -2.32. The van der Waals surface area contributed by atoms with E-state index >= 15 is 0 Å². The van der Waals surface area contributed by atoms with Crippen molar-refractivity contribution in [1.82, 2.24) is 4.90 Å². The van der Waals surface area contributed by atoms with Gasteiger partial charge in [-0.25, -0.2) is 4.39 Å². The first-order valence-corrected chi connectivity index (χ1v) is 8.25. The number of nitrogens with one attached hydrogen (secondary N) is 1. The molecule has 1 saturated heterocycles. The highest BCUT2D eigenvalue weighted by atomic mass is 19.1. The number of hydrogen-bond donors (Lipinski definition) is 1. The van der Waals surface area contributed by atoms with Crippen LogP contribution in [0.15, 0.2) is 42.5 Å². The molecule has 2 aromatic rings. The second kappa shape index (κ2) is 6.20. The molecule has 4 rings (SSSR count). The average molecular weight is 340 g/mol. The molecule has 128 valence electrons. The van der Waals surface area contributed by atoms with E-state index in [4.69, 9.17) is 4.74 Å². The van der Waals surface area contributed by atoms with Gasteiger partial charge in [-0.05, 0) is 42.7 Å². The number of likely N-dealkylation sites (tertiary alicyclic amines) is 1. The second-order valence-corrected chi connectivity index (χ2v) is 6.23. The van der Waals surface area contributed by atoms with E-state index in [9.17, 15) is 14.0 Å². The number of benzene rings is 2. The van der Waals surface area contributed by atoms with Crippen LogP contribution < -0.4 is 10.1 Å². The maximum absolute atomic E-state index is 13.6. The Morgan fingerprint density at radius 3 is 2.92 bits per heavy atom.